The van der Waals surface area contributed by atoms with E-state index in [0.717, 1.165) is 24.8 Å². The molecule has 0 unspecified atom stereocenters. The number of rotatable bonds is 2. The second-order valence-corrected chi connectivity index (χ2v) is 4.92. The zero-order valence-corrected chi connectivity index (χ0v) is 9.19. The molecule has 1 aromatic rings. The first-order valence-corrected chi connectivity index (χ1v) is 5.41. The van der Waals surface area contributed by atoms with Crippen LogP contribution in [0.5, 0.6) is 0 Å². The van der Waals surface area contributed by atoms with E-state index in [2.05, 4.69) is 0 Å². The largest absolute Gasteiger partial charge is 0.244 e. The molecule has 15 heavy (non-hydrogen) atoms. The SMILES string of the molecule is CC(C)(F)C1(c2cccc(F)c2)CCC1. The Hall–Kier alpha value is -0.920. The van der Waals surface area contributed by atoms with Gasteiger partial charge in [-0.05, 0) is 44.4 Å². The van der Waals surface area contributed by atoms with E-state index in [1.807, 2.05) is 6.07 Å². The van der Waals surface area contributed by atoms with Gasteiger partial charge in [-0.3, -0.25) is 0 Å². The second kappa shape index (κ2) is 3.29. The molecule has 0 heterocycles. The summed E-state index contributed by atoms with van der Waals surface area (Å²) in [7, 11) is 0. The van der Waals surface area contributed by atoms with Gasteiger partial charge in [0.05, 0.1) is 0 Å². The Balaban J connectivity index is 2.43. The quantitative estimate of drug-likeness (QED) is 0.692. The fraction of sp³-hybridized carbons (Fsp3) is 0.538. The van der Waals surface area contributed by atoms with Crippen LogP contribution in [0, 0.1) is 5.82 Å². The highest BCUT2D eigenvalue weighted by atomic mass is 19.1. The molecule has 1 aliphatic rings. The zero-order valence-electron chi connectivity index (χ0n) is 9.19. The van der Waals surface area contributed by atoms with Crippen LogP contribution in [-0.2, 0) is 5.41 Å². The molecule has 2 rings (SSSR count). The highest BCUT2D eigenvalue weighted by Crippen LogP contribution is 2.52. The summed E-state index contributed by atoms with van der Waals surface area (Å²) in [6.07, 6.45) is 2.67. The van der Waals surface area contributed by atoms with E-state index in [1.54, 1.807) is 19.9 Å². The summed E-state index contributed by atoms with van der Waals surface area (Å²) < 4.78 is 27.3. The van der Waals surface area contributed by atoms with Crippen LogP contribution in [0.15, 0.2) is 24.3 Å². The number of benzene rings is 1. The molecule has 1 saturated carbocycles. The van der Waals surface area contributed by atoms with Crippen molar-refractivity contribution in [3.63, 3.8) is 0 Å². The van der Waals surface area contributed by atoms with Crippen LogP contribution in [-0.4, -0.2) is 5.67 Å². The molecule has 0 bridgehead atoms. The third kappa shape index (κ3) is 1.56. The molecule has 2 heteroatoms. The Morgan fingerprint density at radius 3 is 2.33 bits per heavy atom. The Bertz CT molecular complexity index is 359. The van der Waals surface area contributed by atoms with Crippen LogP contribution in [0.2, 0.25) is 0 Å². The maximum Gasteiger partial charge on any atom is 0.123 e. The monoisotopic (exact) mass is 210 g/mol. The lowest BCUT2D eigenvalue weighted by molar-refractivity contribution is 0.0266. The number of alkyl halides is 1. The predicted octanol–water partition coefficient (Wildman–Crippen LogP) is 4.00. The number of hydrogen-bond donors (Lipinski definition) is 0. The lowest BCUT2D eigenvalue weighted by Crippen LogP contribution is -2.49. The third-order valence-corrected chi connectivity index (χ3v) is 3.72. The fourth-order valence-corrected chi connectivity index (χ4v) is 2.54. The molecule has 0 spiro atoms. The molecular weight excluding hydrogens is 194 g/mol. The van der Waals surface area contributed by atoms with Crippen molar-refractivity contribution in [2.24, 2.45) is 0 Å². The Morgan fingerprint density at radius 2 is 1.93 bits per heavy atom. The number of hydrogen-bond acceptors (Lipinski definition) is 0. The first-order chi connectivity index (χ1) is 6.96. The summed E-state index contributed by atoms with van der Waals surface area (Å²) in [6, 6.07) is 6.38. The number of halogens is 2. The van der Waals surface area contributed by atoms with Crippen molar-refractivity contribution in [3.8, 4) is 0 Å². The molecule has 82 valence electrons. The van der Waals surface area contributed by atoms with Gasteiger partial charge in [0, 0.05) is 5.41 Å². The Kier molecular flexibility index (Phi) is 2.32. The molecule has 0 radical (unpaired) electrons. The molecule has 0 aromatic heterocycles. The van der Waals surface area contributed by atoms with Crippen molar-refractivity contribution < 1.29 is 8.78 Å². The Labute approximate surface area is 89.3 Å². The van der Waals surface area contributed by atoms with Crippen LogP contribution < -0.4 is 0 Å². The van der Waals surface area contributed by atoms with Crippen molar-refractivity contribution in [2.75, 3.05) is 0 Å². The van der Waals surface area contributed by atoms with Gasteiger partial charge in [-0.2, -0.15) is 0 Å². The fourth-order valence-electron chi connectivity index (χ4n) is 2.54. The van der Waals surface area contributed by atoms with Gasteiger partial charge >= 0.3 is 0 Å². The van der Waals surface area contributed by atoms with Gasteiger partial charge in [0.2, 0.25) is 0 Å². The van der Waals surface area contributed by atoms with Crippen LogP contribution in [0.25, 0.3) is 0 Å². The summed E-state index contributed by atoms with van der Waals surface area (Å²) in [6.45, 7) is 3.19. The van der Waals surface area contributed by atoms with Crippen molar-refractivity contribution in [2.45, 2.75) is 44.2 Å². The average Bonchev–Trinajstić information content (AvgIpc) is 1.98. The van der Waals surface area contributed by atoms with E-state index in [1.165, 1.54) is 12.1 Å². The topological polar surface area (TPSA) is 0 Å². The van der Waals surface area contributed by atoms with E-state index in [-0.39, 0.29) is 5.82 Å². The van der Waals surface area contributed by atoms with Gasteiger partial charge in [0.15, 0.2) is 0 Å². The van der Waals surface area contributed by atoms with Crippen molar-refractivity contribution in [1.29, 1.82) is 0 Å². The van der Waals surface area contributed by atoms with Crippen LogP contribution in [0.3, 0.4) is 0 Å². The van der Waals surface area contributed by atoms with Crippen LogP contribution >= 0.6 is 0 Å². The van der Waals surface area contributed by atoms with E-state index >= 15 is 0 Å². The highest BCUT2D eigenvalue weighted by Gasteiger charge is 2.51. The molecular formula is C13H16F2. The minimum absolute atomic E-state index is 0.275. The van der Waals surface area contributed by atoms with Crippen LogP contribution in [0.4, 0.5) is 8.78 Å². The minimum atomic E-state index is -1.28. The minimum Gasteiger partial charge on any atom is -0.244 e. The van der Waals surface area contributed by atoms with Gasteiger partial charge < -0.3 is 0 Å². The smallest absolute Gasteiger partial charge is 0.123 e. The molecule has 0 amide bonds. The zero-order chi connectivity index (χ0) is 11.1. The van der Waals surface area contributed by atoms with Gasteiger partial charge in [0.1, 0.15) is 11.5 Å². The lowest BCUT2D eigenvalue weighted by Gasteiger charge is -2.49. The molecule has 0 nitrogen and oxygen atoms in total. The average molecular weight is 210 g/mol. The maximum atomic E-state index is 14.2. The first kappa shape index (κ1) is 10.6. The summed E-state index contributed by atoms with van der Waals surface area (Å²) in [4.78, 5) is 0. The second-order valence-electron chi connectivity index (χ2n) is 4.92. The maximum absolute atomic E-state index is 14.2. The molecule has 0 N–H and O–H groups in total. The summed E-state index contributed by atoms with van der Waals surface area (Å²) >= 11 is 0. The molecule has 0 atom stereocenters. The summed E-state index contributed by atoms with van der Waals surface area (Å²) in [5, 5.41) is 0. The van der Waals surface area contributed by atoms with Crippen molar-refractivity contribution in [1.82, 2.24) is 0 Å². The summed E-state index contributed by atoms with van der Waals surface area (Å²) in [5.74, 6) is -0.275. The van der Waals surface area contributed by atoms with Gasteiger partial charge in [-0.15, -0.1) is 0 Å². The molecule has 1 aromatic carbocycles. The van der Waals surface area contributed by atoms with Gasteiger partial charge in [-0.1, -0.05) is 18.6 Å². The highest BCUT2D eigenvalue weighted by molar-refractivity contribution is 5.32. The summed E-state index contributed by atoms with van der Waals surface area (Å²) in [5.41, 5.74) is -0.935. The molecule has 0 aliphatic heterocycles. The molecule has 1 fully saturated rings. The molecule has 1 aliphatic carbocycles. The normalized spacial score (nSPS) is 19.7. The van der Waals surface area contributed by atoms with Gasteiger partial charge in [0.25, 0.3) is 0 Å². The lowest BCUT2D eigenvalue weighted by atomic mass is 9.57. The predicted molar refractivity (Wildman–Crippen MR) is 57.1 cm³/mol. The van der Waals surface area contributed by atoms with E-state index in [9.17, 15) is 8.78 Å². The first-order valence-electron chi connectivity index (χ1n) is 5.41. The van der Waals surface area contributed by atoms with E-state index in [0.29, 0.717) is 0 Å². The van der Waals surface area contributed by atoms with Crippen molar-refractivity contribution >= 4 is 0 Å². The van der Waals surface area contributed by atoms with E-state index in [4.69, 9.17) is 0 Å². The van der Waals surface area contributed by atoms with Gasteiger partial charge in [-0.25, -0.2) is 8.78 Å². The molecule has 0 saturated heterocycles. The standard InChI is InChI=1S/C13H16F2/c1-12(2,15)13(7-4-8-13)10-5-3-6-11(14)9-10/h3,5-6,9H,4,7-8H2,1-2H3. The van der Waals surface area contributed by atoms with E-state index < -0.39 is 11.1 Å². The Morgan fingerprint density at radius 1 is 1.27 bits per heavy atom. The van der Waals surface area contributed by atoms with Crippen molar-refractivity contribution in [3.05, 3.63) is 35.6 Å². The van der Waals surface area contributed by atoms with Crippen LogP contribution in [0.1, 0.15) is 38.7 Å². The third-order valence-electron chi connectivity index (χ3n) is 3.72.